The summed E-state index contributed by atoms with van der Waals surface area (Å²) < 4.78 is 17.4. The van der Waals surface area contributed by atoms with Crippen LogP contribution < -0.4 is 15.4 Å². The van der Waals surface area contributed by atoms with Crippen molar-refractivity contribution >= 4 is 29.6 Å². The summed E-state index contributed by atoms with van der Waals surface area (Å²) in [5.41, 5.74) is 5.07. The smallest absolute Gasteiger partial charge is 0.408 e. The Morgan fingerprint density at radius 3 is 1.98 bits per heavy atom. The van der Waals surface area contributed by atoms with Crippen LogP contribution in [0.4, 0.5) is 10.5 Å². The van der Waals surface area contributed by atoms with Crippen molar-refractivity contribution in [2.45, 2.75) is 78.3 Å². The van der Waals surface area contributed by atoms with Crippen LogP contribution in [0.3, 0.4) is 0 Å². The normalized spacial score (nSPS) is 18.2. The number of alkyl carbamates (subject to hydrolysis) is 1. The molecule has 0 aliphatic heterocycles. The monoisotopic (exact) mass is 808 g/mol. The molecule has 2 N–H and O–H groups in total. The quantitative estimate of drug-likeness (QED) is 0.101. The number of benzene rings is 4. The van der Waals surface area contributed by atoms with Crippen molar-refractivity contribution in [3.8, 4) is 5.75 Å². The number of esters is 1. The highest BCUT2D eigenvalue weighted by atomic mass is 16.5. The maximum Gasteiger partial charge on any atom is 0.408 e. The summed E-state index contributed by atoms with van der Waals surface area (Å²) in [6.07, 6.45) is 0.749. The number of hydrogen-bond donors (Lipinski definition) is 2. The van der Waals surface area contributed by atoms with Gasteiger partial charge >= 0.3 is 12.1 Å². The minimum atomic E-state index is -1.41. The average Bonchev–Trinajstić information content (AvgIpc) is 3.64. The highest BCUT2D eigenvalue weighted by molar-refractivity contribution is 6.01. The Kier molecular flexibility index (Phi) is 12.6. The molecule has 60 heavy (non-hydrogen) atoms. The van der Waals surface area contributed by atoms with Gasteiger partial charge in [0.15, 0.2) is 0 Å². The lowest BCUT2D eigenvalue weighted by molar-refractivity contribution is -0.161. The van der Waals surface area contributed by atoms with E-state index in [-0.39, 0.29) is 19.1 Å². The zero-order chi connectivity index (χ0) is 42.4. The largest absolute Gasteiger partial charge is 0.487 e. The Morgan fingerprint density at radius 1 is 0.800 bits per heavy atom. The number of anilines is 1. The number of fused-ring (bicyclic) bond motifs is 1. The van der Waals surface area contributed by atoms with Gasteiger partial charge in [-0.2, -0.15) is 0 Å². The van der Waals surface area contributed by atoms with Crippen LogP contribution in [0.1, 0.15) is 65.5 Å². The second-order valence-electron chi connectivity index (χ2n) is 16.2. The van der Waals surface area contributed by atoms with E-state index < -0.39 is 53.3 Å². The molecule has 0 spiro atoms. The molecule has 1 fully saturated rings. The molecule has 1 aromatic heterocycles. The molecule has 0 saturated heterocycles. The van der Waals surface area contributed by atoms with Crippen molar-refractivity contribution in [1.29, 1.82) is 0 Å². The van der Waals surface area contributed by atoms with E-state index in [4.69, 9.17) is 19.2 Å². The molecule has 5 atom stereocenters. The van der Waals surface area contributed by atoms with E-state index in [1.807, 2.05) is 112 Å². The molecular formula is C49H52N4O7. The number of ether oxygens (including phenoxy) is 3. The molecule has 5 aromatic rings. The molecule has 4 aromatic carbocycles. The predicted molar refractivity (Wildman–Crippen MR) is 228 cm³/mol. The molecule has 0 radical (unpaired) electrons. The first kappa shape index (κ1) is 41.7. The van der Waals surface area contributed by atoms with Crippen LogP contribution in [-0.4, -0.2) is 53.0 Å². The number of nitrogens with zero attached hydrogens (tertiary/aromatic N) is 2. The SMILES string of the molecule is COC(=O)[C@H](N(C(=O)[C@H](NC(=O)OCc1ccccc1)C1Cc2ccccc2C1)C(C(=O)Nc1ccccc1OCc1ccccc1)c1ccc(C)nc1C)C1(C)C[C@H]1C. The van der Waals surface area contributed by atoms with Gasteiger partial charge in [-0.25, -0.2) is 9.59 Å². The van der Waals surface area contributed by atoms with Gasteiger partial charge in [0.25, 0.3) is 5.91 Å². The Bertz CT molecular complexity index is 2310. The van der Waals surface area contributed by atoms with E-state index in [1.54, 1.807) is 37.3 Å². The van der Waals surface area contributed by atoms with Crippen molar-refractivity contribution in [2.75, 3.05) is 12.4 Å². The van der Waals surface area contributed by atoms with E-state index in [9.17, 15) is 9.59 Å². The van der Waals surface area contributed by atoms with Gasteiger partial charge in [-0.3, -0.25) is 14.6 Å². The molecule has 310 valence electrons. The molecular weight excluding hydrogens is 757 g/mol. The maximum atomic E-state index is 15.9. The van der Waals surface area contributed by atoms with Crippen molar-refractivity contribution in [1.82, 2.24) is 15.2 Å². The van der Waals surface area contributed by atoms with E-state index in [0.717, 1.165) is 22.3 Å². The third-order valence-electron chi connectivity index (χ3n) is 12.1. The Balaban J connectivity index is 1.32. The molecule has 1 saturated carbocycles. The molecule has 1 heterocycles. The number of hydrogen-bond acceptors (Lipinski definition) is 8. The van der Waals surface area contributed by atoms with Gasteiger partial charge in [0.2, 0.25) is 5.91 Å². The van der Waals surface area contributed by atoms with Crippen molar-refractivity contribution < 1.29 is 33.4 Å². The first-order chi connectivity index (χ1) is 29.0. The van der Waals surface area contributed by atoms with Crippen LogP contribution >= 0.6 is 0 Å². The first-order valence-corrected chi connectivity index (χ1v) is 20.4. The Hall–Kier alpha value is -6.49. The lowest BCUT2D eigenvalue weighted by atomic mass is 9.87. The van der Waals surface area contributed by atoms with Gasteiger partial charge in [-0.05, 0) is 85.4 Å². The third-order valence-corrected chi connectivity index (χ3v) is 12.1. The molecule has 2 aliphatic carbocycles. The second kappa shape index (κ2) is 18.2. The van der Waals surface area contributed by atoms with Crippen LogP contribution in [0.25, 0.3) is 0 Å². The van der Waals surface area contributed by atoms with Crippen LogP contribution in [0, 0.1) is 31.1 Å². The molecule has 11 nitrogen and oxygen atoms in total. The summed E-state index contributed by atoms with van der Waals surface area (Å²) in [6.45, 7) is 7.80. The minimum absolute atomic E-state index is 0.00273. The lowest BCUT2D eigenvalue weighted by Crippen LogP contribution is -2.61. The standard InChI is InChI=1S/C49H52N4O7/c1-31-28-49(31,4)44(47(56)58-5)53(46(55)42(38-26-36-20-12-13-21-37(36)27-38)52-48(57)60-30-35-18-10-7-11-19-35)43(39-25-24-32(2)50-33(39)3)45(54)51-40-22-14-15-23-41(40)59-29-34-16-8-6-9-17-34/h6-25,31,38,42-44H,26-30H2,1-5H3,(H,51,54)(H,52,57)/t31-,42-,43?,44+,49?/m1/s1. The van der Waals surface area contributed by atoms with E-state index in [1.165, 1.54) is 12.0 Å². The van der Waals surface area contributed by atoms with Crippen molar-refractivity contribution in [3.63, 3.8) is 0 Å². The zero-order valence-electron chi connectivity index (χ0n) is 34.7. The minimum Gasteiger partial charge on any atom is -0.487 e. The molecule has 7 rings (SSSR count). The van der Waals surface area contributed by atoms with Gasteiger partial charge in [0.05, 0.1) is 12.8 Å². The number of amides is 3. The average molecular weight is 809 g/mol. The van der Waals surface area contributed by atoms with Gasteiger partial charge in [-0.15, -0.1) is 0 Å². The van der Waals surface area contributed by atoms with Crippen LogP contribution in [-0.2, 0) is 49.9 Å². The molecule has 2 unspecified atom stereocenters. The summed E-state index contributed by atoms with van der Waals surface area (Å²) >= 11 is 0. The first-order valence-electron chi connectivity index (χ1n) is 20.4. The Labute approximate surface area is 351 Å². The van der Waals surface area contributed by atoms with Crippen molar-refractivity contribution in [2.24, 2.45) is 17.3 Å². The molecule has 3 amide bonds. The summed E-state index contributed by atoms with van der Waals surface area (Å²) in [6, 6.07) is 33.7. The molecule has 2 aliphatic rings. The zero-order valence-corrected chi connectivity index (χ0v) is 34.7. The fraction of sp³-hybridized carbons (Fsp3) is 0.327. The number of carbonyl (C=O) groups is 4. The molecule has 0 bridgehead atoms. The number of para-hydroxylation sites is 2. The van der Waals surface area contributed by atoms with Gasteiger partial charge in [-0.1, -0.05) is 117 Å². The number of pyridine rings is 1. The fourth-order valence-electron chi connectivity index (χ4n) is 8.50. The summed E-state index contributed by atoms with van der Waals surface area (Å²) in [5.74, 6) is -1.90. The number of aryl methyl sites for hydroxylation is 2. The van der Waals surface area contributed by atoms with Gasteiger partial charge in [0, 0.05) is 22.4 Å². The Morgan fingerprint density at radius 2 is 1.38 bits per heavy atom. The van der Waals surface area contributed by atoms with Crippen molar-refractivity contribution in [3.05, 3.63) is 161 Å². The van der Waals surface area contributed by atoms with E-state index in [0.29, 0.717) is 47.7 Å². The summed E-state index contributed by atoms with van der Waals surface area (Å²) in [4.78, 5) is 65.5. The lowest BCUT2D eigenvalue weighted by Gasteiger charge is -2.42. The van der Waals surface area contributed by atoms with Gasteiger partial charge < -0.3 is 29.7 Å². The number of carbonyl (C=O) groups excluding carboxylic acids is 4. The topological polar surface area (TPSA) is 136 Å². The highest BCUT2D eigenvalue weighted by Crippen LogP contribution is 2.57. The van der Waals surface area contributed by atoms with Crippen LogP contribution in [0.2, 0.25) is 0 Å². The summed E-state index contributed by atoms with van der Waals surface area (Å²) in [7, 11) is 1.28. The number of rotatable bonds is 15. The second-order valence-corrected chi connectivity index (χ2v) is 16.2. The predicted octanol–water partition coefficient (Wildman–Crippen LogP) is 8.08. The van der Waals surface area contributed by atoms with E-state index >= 15 is 9.59 Å². The van der Waals surface area contributed by atoms with E-state index in [2.05, 4.69) is 10.6 Å². The number of aromatic nitrogens is 1. The van der Waals surface area contributed by atoms with Gasteiger partial charge in [0.1, 0.15) is 37.1 Å². The highest BCUT2D eigenvalue weighted by Gasteiger charge is 2.61. The number of methoxy groups -OCH3 is 1. The number of nitrogens with one attached hydrogen (secondary N) is 2. The van der Waals surface area contributed by atoms with Crippen LogP contribution in [0.15, 0.2) is 121 Å². The maximum absolute atomic E-state index is 15.9. The summed E-state index contributed by atoms with van der Waals surface area (Å²) in [5, 5.41) is 6.00. The molecule has 11 heteroatoms. The third kappa shape index (κ3) is 9.20. The fourth-order valence-corrected chi connectivity index (χ4v) is 8.50. The van der Waals surface area contributed by atoms with Crippen LogP contribution in [0.5, 0.6) is 5.75 Å².